The number of ether oxygens (including phenoxy) is 1. The minimum Gasteiger partial charge on any atom is -0.444 e. The first kappa shape index (κ1) is 21.4. The number of hydrogen-bond donors (Lipinski definition) is 2. The average Bonchev–Trinajstić information content (AvgIpc) is 3.09. The Morgan fingerprint density at radius 3 is 2.72 bits per heavy atom. The molecule has 2 N–H and O–H groups in total. The number of nitrogens with zero attached hydrogens (tertiary/aromatic N) is 1. The molecule has 6 heteroatoms. The number of piperidine rings is 1. The lowest BCUT2D eigenvalue weighted by atomic mass is 9.83. The topological polar surface area (TPSA) is 78.9 Å². The Hall–Kier alpha value is -2.34. The van der Waals surface area contributed by atoms with E-state index in [1.165, 1.54) is 11.6 Å². The van der Waals surface area contributed by atoms with Crippen LogP contribution in [0.3, 0.4) is 0 Å². The van der Waals surface area contributed by atoms with Gasteiger partial charge in [0.2, 0.25) is 0 Å². The zero-order chi connectivity index (χ0) is 21.1. The van der Waals surface area contributed by atoms with E-state index >= 15 is 0 Å². The van der Waals surface area contributed by atoms with Crippen LogP contribution in [0.2, 0.25) is 0 Å². The highest BCUT2D eigenvalue weighted by Crippen LogP contribution is 2.49. The number of carbonyl (C=O) groups is 2. The van der Waals surface area contributed by atoms with Crippen LogP contribution in [0.1, 0.15) is 76.3 Å². The number of likely N-dealkylation sites (tertiary alicyclic amines) is 1. The predicted octanol–water partition coefficient (Wildman–Crippen LogP) is 4.63. The van der Waals surface area contributed by atoms with Gasteiger partial charge in [0, 0.05) is 18.2 Å². The first-order valence-corrected chi connectivity index (χ1v) is 10.5. The molecule has 0 bridgehead atoms. The molecule has 1 spiro atoms. The standard InChI is InChI=1S/C23H32N2O4/c1-22(2,3)29-21(27)25-15-7-6-13-23(25)14-12-18(16-23)19-9-5-4-8-17(19)10-11-20(26)24-28/h4-5,8-11,18,28H,6-7,12-16H2,1-3H3,(H,24,26)/b11-10+. The molecule has 29 heavy (non-hydrogen) atoms. The lowest BCUT2D eigenvalue weighted by Gasteiger charge is -2.45. The minimum absolute atomic E-state index is 0.148. The van der Waals surface area contributed by atoms with Crippen LogP contribution in [-0.2, 0) is 9.53 Å². The minimum atomic E-state index is -0.550. The molecule has 1 saturated heterocycles. The summed E-state index contributed by atoms with van der Waals surface area (Å²) in [5.74, 6) is -0.234. The summed E-state index contributed by atoms with van der Waals surface area (Å²) in [6.45, 7) is 6.47. The molecule has 0 radical (unpaired) electrons. The molecule has 2 fully saturated rings. The number of amides is 2. The molecule has 1 heterocycles. The summed E-state index contributed by atoms with van der Waals surface area (Å²) in [5, 5.41) is 8.72. The van der Waals surface area contributed by atoms with Gasteiger partial charge in [-0.1, -0.05) is 24.3 Å². The third-order valence-electron chi connectivity index (χ3n) is 6.01. The van der Waals surface area contributed by atoms with Crippen molar-refractivity contribution >= 4 is 18.1 Å². The van der Waals surface area contributed by atoms with Gasteiger partial charge in [-0.3, -0.25) is 10.0 Å². The summed E-state index contributed by atoms with van der Waals surface area (Å²) in [5.41, 5.74) is 3.13. The molecule has 2 aliphatic rings. The van der Waals surface area contributed by atoms with Gasteiger partial charge in [-0.2, -0.15) is 0 Å². The van der Waals surface area contributed by atoms with E-state index in [1.54, 1.807) is 11.6 Å². The van der Waals surface area contributed by atoms with Crippen LogP contribution in [0, 0.1) is 0 Å². The normalized spacial score (nSPS) is 24.8. The molecule has 1 aromatic carbocycles. The van der Waals surface area contributed by atoms with Crippen molar-refractivity contribution in [1.29, 1.82) is 0 Å². The lowest BCUT2D eigenvalue weighted by molar-refractivity contribution is -0.124. The number of nitrogens with one attached hydrogen (secondary N) is 1. The molecule has 3 rings (SSSR count). The van der Waals surface area contributed by atoms with Gasteiger partial charge in [0.15, 0.2) is 0 Å². The Labute approximate surface area is 172 Å². The van der Waals surface area contributed by atoms with E-state index in [4.69, 9.17) is 9.94 Å². The summed E-state index contributed by atoms with van der Waals surface area (Å²) in [6.07, 6.45) is 8.88. The van der Waals surface area contributed by atoms with Crippen LogP contribution in [-0.4, -0.2) is 39.8 Å². The fourth-order valence-electron chi connectivity index (χ4n) is 4.78. The molecular weight excluding hydrogens is 368 g/mol. The number of hydroxylamine groups is 1. The fourth-order valence-corrected chi connectivity index (χ4v) is 4.78. The molecule has 2 amide bonds. The zero-order valence-electron chi connectivity index (χ0n) is 17.6. The summed E-state index contributed by atoms with van der Waals surface area (Å²) in [6, 6.07) is 8.03. The second-order valence-electron chi connectivity index (χ2n) is 9.19. The Kier molecular flexibility index (Phi) is 6.32. The van der Waals surface area contributed by atoms with E-state index in [9.17, 15) is 9.59 Å². The fraction of sp³-hybridized carbons (Fsp3) is 0.565. The smallest absolute Gasteiger partial charge is 0.410 e. The second kappa shape index (κ2) is 8.57. The van der Waals surface area contributed by atoms with Gasteiger partial charge in [-0.25, -0.2) is 10.3 Å². The van der Waals surface area contributed by atoms with E-state index in [0.717, 1.165) is 50.6 Å². The first-order chi connectivity index (χ1) is 13.7. The SMILES string of the molecule is CC(C)(C)OC(=O)N1CCCCC12CCC(c1ccccc1/C=C/C(=O)NO)C2. The Bertz CT molecular complexity index is 783. The number of benzene rings is 1. The zero-order valence-corrected chi connectivity index (χ0v) is 17.6. The Morgan fingerprint density at radius 2 is 2.00 bits per heavy atom. The van der Waals surface area contributed by atoms with Crippen molar-refractivity contribution in [2.45, 2.75) is 76.4 Å². The van der Waals surface area contributed by atoms with Crippen LogP contribution < -0.4 is 5.48 Å². The van der Waals surface area contributed by atoms with Crippen LogP contribution >= 0.6 is 0 Å². The van der Waals surface area contributed by atoms with Crippen molar-refractivity contribution in [3.63, 3.8) is 0 Å². The first-order valence-electron chi connectivity index (χ1n) is 10.5. The maximum Gasteiger partial charge on any atom is 0.410 e. The van der Waals surface area contributed by atoms with Gasteiger partial charge in [-0.05, 0) is 82.4 Å². The molecule has 1 aliphatic carbocycles. The Morgan fingerprint density at radius 1 is 1.24 bits per heavy atom. The van der Waals surface area contributed by atoms with E-state index in [2.05, 4.69) is 6.07 Å². The Balaban J connectivity index is 1.82. The molecule has 158 valence electrons. The van der Waals surface area contributed by atoms with Gasteiger partial charge in [0.25, 0.3) is 5.91 Å². The summed E-state index contributed by atoms with van der Waals surface area (Å²) in [4.78, 5) is 26.3. The van der Waals surface area contributed by atoms with Gasteiger partial charge < -0.3 is 9.64 Å². The molecule has 6 nitrogen and oxygen atoms in total. The maximum atomic E-state index is 12.9. The van der Waals surface area contributed by atoms with Gasteiger partial charge in [-0.15, -0.1) is 0 Å². The van der Waals surface area contributed by atoms with E-state index < -0.39 is 11.5 Å². The van der Waals surface area contributed by atoms with Crippen LogP contribution in [0.4, 0.5) is 4.79 Å². The summed E-state index contributed by atoms with van der Waals surface area (Å²) in [7, 11) is 0. The number of rotatable bonds is 3. The third-order valence-corrected chi connectivity index (χ3v) is 6.01. The highest BCUT2D eigenvalue weighted by molar-refractivity contribution is 5.91. The van der Waals surface area contributed by atoms with Crippen molar-refractivity contribution in [1.82, 2.24) is 10.4 Å². The van der Waals surface area contributed by atoms with Gasteiger partial charge in [0.05, 0.1) is 0 Å². The van der Waals surface area contributed by atoms with Crippen molar-refractivity contribution in [3.8, 4) is 0 Å². The van der Waals surface area contributed by atoms with E-state index in [-0.39, 0.29) is 11.6 Å². The van der Waals surface area contributed by atoms with Crippen LogP contribution in [0.25, 0.3) is 6.08 Å². The predicted molar refractivity (Wildman–Crippen MR) is 112 cm³/mol. The quantitative estimate of drug-likeness (QED) is 0.440. The van der Waals surface area contributed by atoms with E-state index in [1.807, 2.05) is 43.9 Å². The average molecular weight is 401 g/mol. The molecular formula is C23H32N2O4. The summed E-state index contributed by atoms with van der Waals surface area (Å²) < 4.78 is 5.71. The monoisotopic (exact) mass is 400 g/mol. The molecule has 2 atom stereocenters. The molecule has 1 saturated carbocycles. The number of carbonyl (C=O) groups excluding carboxylic acids is 2. The van der Waals surface area contributed by atoms with Crippen molar-refractivity contribution in [2.24, 2.45) is 0 Å². The third kappa shape index (κ3) is 4.99. The molecule has 1 aromatic rings. The van der Waals surface area contributed by atoms with Crippen LogP contribution in [0.5, 0.6) is 0 Å². The van der Waals surface area contributed by atoms with Crippen molar-refractivity contribution < 1.29 is 19.5 Å². The van der Waals surface area contributed by atoms with E-state index in [0.29, 0.717) is 5.92 Å². The maximum absolute atomic E-state index is 12.9. The van der Waals surface area contributed by atoms with Crippen molar-refractivity contribution in [3.05, 3.63) is 41.5 Å². The number of hydrogen-bond acceptors (Lipinski definition) is 4. The van der Waals surface area contributed by atoms with Gasteiger partial charge >= 0.3 is 6.09 Å². The van der Waals surface area contributed by atoms with Gasteiger partial charge in [0.1, 0.15) is 5.60 Å². The van der Waals surface area contributed by atoms with Crippen LogP contribution in [0.15, 0.2) is 30.3 Å². The molecule has 1 aliphatic heterocycles. The summed E-state index contributed by atoms with van der Waals surface area (Å²) >= 11 is 0. The van der Waals surface area contributed by atoms with Crippen molar-refractivity contribution in [2.75, 3.05) is 6.54 Å². The molecule has 2 unspecified atom stereocenters. The highest BCUT2D eigenvalue weighted by atomic mass is 16.6. The molecule has 0 aromatic heterocycles. The second-order valence-corrected chi connectivity index (χ2v) is 9.19. The largest absolute Gasteiger partial charge is 0.444 e. The highest BCUT2D eigenvalue weighted by Gasteiger charge is 2.48. The lowest BCUT2D eigenvalue weighted by Crippen LogP contribution is -2.54.